The molecule has 21 heavy (non-hydrogen) atoms. The minimum absolute atomic E-state index is 0.159. The van der Waals surface area contributed by atoms with Gasteiger partial charge in [-0.25, -0.2) is 0 Å². The van der Waals surface area contributed by atoms with Crippen molar-refractivity contribution in [3.8, 4) is 5.75 Å². The number of hydrogen-bond donors (Lipinski definition) is 1. The van der Waals surface area contributed by atoms with Gasteiger partial charge in [0, 0.05) is 11.6 Å². The fourth-order valence-corrected chi connectivity index (χ4v) is 1.90. The Balaban J connectivity index is 3.12. The van der Waals surface area contributed by atoms with Gasteiger partial charge in [0.1, 0.15) is 12.3 Å². The van der Waals surface area contributed by atoms with E-state index in [0.29, 0.717) is 6.42 Å². The number of alkyl halides is 2. The Hall–Kier alpha value is -1.89. The van der Waals surface area contributed by atoms with Crippen LogP contribution in [0.15, 0.2) is 18.2 Å². The molecule has 1 N–H and O–H groups in total. The lowest BCUT2D eigenvalue weighted by Gasteiger charge is -2.21. The number of rotatable bonds is 7. The third-order valence-corrected chi connectivity index (χ3v) is 2.73. The lowest BCUT2D eigenvalue weighted by molar-refractivity contribution is -0.137. The van der Waals surface area contributed by atoms with Gasteiger partial charge in [0.15, 0.2) is 0 Å². The van der Waals surface area contributed by atoms with Crippen molar-refractivity contribution >= 4 is 23.5 Å². The number of ether oxygens (including phenoxy) is 1. The van der Waals surface area contributed by atoms with Crippen molar-refractivity contribution in [2.75, 3.05) is 13.1 Å². The minimum atomic E-state index is -3.10. The Morgan fingerprint density at radius 3 is 2.62 bits per heavy atom. The van der Waals surface area contributed by atoms with E-state index in [1.54, 1.807) is 6.92 Å². The summed E-state index contributed by atoms with van der Waals surface area (Å²) in [5.41, 5.74) is -0.197. The molecule has 0 aliphatic rings. The molecule has 5 nitrogen and oxygen atoms in total. The fraction of sp³-hybridized carbons (Fsp3) is 0.385. The number of hydrogen-bond acceptors (Lipinski definition) is 3. The van der Waals surface area contributed by atoms with Crippen molar-refractivity contribution in [2.45, 2.75) is 20.0 Å². The van der Waals surface area contributed by atoms with E-state index < -0.39 is 25.0 Å². The molecule has 0 heterocycles. The lowest BCUT2D eigenvalue weighted by atomic mass is 10.1. The second-order valence-electron chi connectivity index (χ2n) is 4.14. The zero-order valence-electron chi connectivity index (χ0n) is 11.2. The molecule has 0 radical (unpaired) electrons. The van der Waals surface area contributed by atoms with Crippen molar-refractivity contribution in [2.24, 2.45) is 0 Å². The standard InChI is InChI=1S/C13H14ClF2NO4/c1-2-5-17(7-11(18)19)12(20)9-6-8(14)3-4-10(9)21-13(15)16/h3-4,6,13H,2,5,7H2,1H3,(H,18,19). The highest BCUT2D eigenvalue weighted by Gasteiger charge is 2.23. The monoisotopic (exact) mass is 321 g/mol. The van der Waals surface area contributed by atoms with Gasteiger partial charge in [0.05, 0.1) is 5.56 Å². The number of halogens is 3. The molecule has 0 spiro atoms. The Morgan fingerprint density at radius 2 is 2.10 bits per heavy atom. The highest BCUT2D eigenvalue weighted by atomic mass is 35.5. The molecule has 0 unspecified atom stereocenters. The smallest absolute Gasteiger partial charge is 0.387 e. The van der Waals surface area contributed by atoms with Gasteiger partial charge in [-0.3, -0.25) is 9.59 Å². The maximum absolute atomic E-state index is 12.3. The lowest BCUT2D eigenvalue weighted by Crippen LogP contribution is -2.36. The van der Waals surface area contributed by atoms with Crippen molar-refractivity contribution < 1.29 is 28.2 Å². The summed E-state index contributed by atoms with van der Waals surface area (Å²) in [4.78, 5) is 24.1. The molecule has 0 atom stereocenters. The Bertz CT molecular complexity index is 525. The SMILES string of the molecule is CCCN(CC(=O)O)C(=O)c1cc(Cl)ccc1OC(F)F. The van der Waals surface area contributed by atoms with Crippen LogP contribution < -0.4 is 4.74 Å². The quantitative estimate of drug-likeness (QED) is 0.838. The molecule has 0 aromatic heterocycles. The second-order valence-corrected chi connectivity index (χ2v) is 4.58. The summed E-state index contributed by atoms with van der Waals surface area (Å²) in [7, 11) is 0. The zero-order valence-corrected chi connectivity index (χ0v) is 11.9. The topological polar surface area (TPSA) is 66.8 Å². The van der Waals surface area contributed by atoms with Crippen molar-refractivity contribution in [3.63, 3.8) is 0 Å². The number of carboxylic acids is 1. The van der Waals surface area contributed by atoms with E-state index >= 15 is 0 Å². The molecule has 1 aromatic rings. The van der Waals surface area contributed by atoms with Crippen LogP contribution >= 0.6 is 11.6 Å². The van der Waals surface area contributed by atoms with E-state index in [2.05, 4.69) is 4.74 Å². The largest absolute Gasteiger partial charge is 0.480 e. The van der Waals surface area contributed by atoms with Crippen LogP contribution in [0, 0.1) is 0 Å². The number of carboxylic acid groups (broad SMARTS) is 1. The predicted molar refractivity (Wildman–Crippen MR) is 71.9 cm³/mol. The number of benzene rings is 1. The Morgan fingerprint density at radius 1 is 1.43 bits per heavy atom. The molecule has 8 heteroatoms. The predicted octanol–water partition coefficient (Wildman–Crippen LogP) is 2.88. The van der Waals surface area contributed by atoms with Gasteiger partial charge in [0.25, 0.3) is 5.91 Å². The van der Waals surface area contributed by atoms with Gasteiger partial charge < -0.3 is 14.7 Å². The highest BCUT2D eigenvalue weighted by molar-refractivity contribution is 6.31. The summed E-state index contributed by atoms with van der Waals surface area (Å²) in [6.07, 6.45) is 0.518. The van der Waals surface area contributed by atoms with E-state index in [9.17, 15) is 18.4 Å². The van der Waals surface area contributed by atoms with Crippen LogP contribution in [0.1, 0.15) is 23.7 Å². The van der Waals surface area contributed by atoms with Crippen LogP contribution in [0.5, 0.6) is 5.75 Å². The van der Waals surface area contributed by atoms with E-state index in [1.807, 2.05) is 0 Å². The molecular weight excluding hydrogens is 308 g/mol. The first-order valence-electron chi connectivity index (χ1n) is 6.10. The second kappa shape index (κ2) is 7.78. The van der Waals surface area contributed by atoms with E-state index in [-0.39, 0.29) is 22.9 Å². The molecule has 0 fully saturated rings. The molecule has 0 saturated carbocycles. The number of aliphatic carboxylic acids is 1. The summed E-state index contributed by atoms with van der Waals surface area (Å²) in [6, 6.07) is 3.62. The summed E-state index contributed by atoms with van der Waals surface area (Å²) >= 11 is 5.75. The normalized spacial score (nSPS) is 10.5. The van der Waals surface area contributed by atoms with E-state index in [4.69, 9.17) is 16.7 Å². The minimum Gasteiger partial charge on any atom is -0.480 e. The molecule has 0 aliphatic carbocycles. The van der Waals surface area contributed by atoms with Crippen LogP contribution in [0.4, 0.5) is 8.78 Å². The van der Waals surface area contributed by atoms with Crippen molar-refractivity contribution in [1.29, 1.82) is 0 Å². The molecule has 0 bridgehead atoms. The van der Waals surface area contributed by atoms with Crippen LogP contribution in [0.25, 0.3) is 0 Å². The van der Waals surface area contributed by atoms with Gasteiger partial charge in [-0.15, -0.1) is 0 Å². The van der Waals surface area contributed by atoms with E-state index in [0.717, 1.165) is 11.0 Å². The molecule has 1 amide bonds. The average Bonchev–Trinajstić information content (AvgIpc) is 2.38. The van der Waals surface area contributed by atoms with E-state index in [1.165, 1.54) is 12.1 Å². The first kappa shape index (κ1) is 17.2. The number of carbonyl (C=O) groups is 2. The first-order valence-corrected chi connectivity index (χ1v) is 6.48. The van der Waals surface area contributed by atoms with Crippen LogP contribution in [0.2, 0.25) is 5.02 Å². The van der Waals surface area contributed by atoms with Gasteiger partial charge >= 0.3 is 12.6 Å². The molecular formula is C13H14ClF2NO4. The molecule has 1 rings (SSSR count). The summed E-state index contributed by atoms with van der Waals surface area (Å²) in [5.74, 6) is -2.27. The van der Waals surface area contributed by atoms with Gasteiger partial charge in [-0.05, 0) is 24.6 Å². The highest BCUT2D eigenvalue weighted by Crippen LogP contribution is 2.26. The third-order valence-electron chi connectivity index (χ3n) is 2.49. The number of amides is 1. The van der Waals surface area contributed by atoms with Crippen LogP contribution in [0.3, 0.4) is 0 Å². The van der Waals surface area contributed by atoms with Crippen molar-refractivity contribution in [3.05, 3.63) is 28.8 Å². The molecule has 0 saturated heterocycles. The van der Waals surface area contributed by atoms with Gasteiger partial charge in [-0.2, -0.15) is 8.78 Å². The zero-order chi connectivity index (χ0) is 16.0. The molecule has 116 valence electrons. The number of nitrogens with zero attached hydrogens (tertiary/aromatic N) is 1. The van der Waals surface area contributed by atoms with Gasteiger partial charge in [0.2, 0.25) is 0 Å². The van der Waals surface area contributed by atoms with Crippen LogP contribution in [-0.4, -0.2) is 41.6 Å². The summed E-state index contributed by atoms with van der Waals surface area (Å²) in [6.45, 7) is -1.70. The average molecular weight is 322 g/mol. The maximum Gasteiger partial charge on any atom is 0.387 e. The molecule has 0 aliphatic heterocycles. The van der Waals surface area contributed by atoms with Crippen LogP contribution in [-0.2, 0) is 4.79 Å². The Labute approximate surface area is 125 Å². The fourth-order valence-electron chi connectivity index (χ4n) is 1.72. The maximum atomic E-state index is 12.3. The van der Waals surface area contributed by atoms with Crippen molar-refractivity contribution in [1.82, 2.24) is 4.90 Å². The number of carbonyl (C=O) groups excluding carboxylic acids is 1. The summed E-state index contributed by atoms with van der Waals surface area (Å²) < 4.78 is 29.0. The molecule has 1 aromatic carbocycles. The Kier molecular flexibility index (Phi) is 6.36. The van der Waals surface area contributed by atoms with Gasteiger partial charge in [-0.1, -0.05) is 18.5 Å². The third kappa shape index (κ3) is 5.18. The summed E-state index contributed by atoms with van der Waals surface area (Å²) in [5, 5.41) is 8.96. The first-order chi connectivity index (χ1) is 9.85.